The lowest BCUT2D eigenvalue weighted by molar-refractivity contribution is -0.134. The van der Waals surface area contributed by atoms with Crippen LogP contribution in [-0.4, -0.2) is 44.2 Å². The third-order valence-electron chi connectivity index (χ3n) is 4.48. The normalized spacial score (nSPS) is 17.7. The Bertz CT molecular complexity index is 519. The van der Waals surface area contributed by atoms with E-state index in [-0.39, 0.29) is 5.91 Å². The second-order valence-corrected chi connectivity index (χ2v) is 5.89. The Morgan fingerprint density at radius 3 is 2.83 bits per heavy atom. The number of nitrogens with zero attached hydrogens (tertiary/aromatic N) is 1. The summed E-state index contributed by atoms with van der Waals surface area (Å²) >= 11 is 0. The molecule has 0 spiro atoms. The molecule has 1 heterocycles. The maximum atomic E-state index is 12.5. The van der Waals surface area contributed by atoms with Gasteiger partial charge in [-0.2, -0.15) is 0 Å². The third-order valence-corrected chi connectivity index (χ3v) is 4.48. The van der Waals surface area contributed by atoms with Gasteiger partial charge in [-0.1, -0.05) is 6.92 Å². The van der Waals surface area contributed by atoms with E-state index in [9.17, 15) is 4.79 Å². The van der Waals surface area contributed by atoms with Crippen LogP contribution in [0.2, 0.25) is 0 Å². The lowest BCUT2D eigenvalue weighted by Gasteiger charge is -2.35. The first-order valence-corrected chi connectivity index (χ1v) is 8.45. The van der Waals surface area contributed by atoms with Crippen molar-refractivity contribution < 1.29 is 14.3 Å². The molecule has 1 aromatic rings. The van der Waals surface area contributed by atoms with E-state index in [1.807, 2.05) is 18.2 Å². The van der Waals surface area contributed by atoms with Gasteiger partial charge in [0.2, 0.25) is 5.91 Å². The number of likely N-dealkylation sites (tertiary alicyclic amines) is 1. The largest absolute Gasteiger partial charge is 0.497 e. The molecule has 5 nitrogen and oxygen atoms in total. The molecule has 23 heavy (non-hydrogen) atoms. The van der Waals surface area contributed by atoms with Gasteiger partial charge in [-0.25, -0.2) is 0 Å². The van der Waals surface area contributed by atoms with Crippen molar-refractivity contribution in [2.45, 2.75) is 45.1 Å². The average molecular weight is 320 g/mol. The Balaban J connectivity index is 1.90. The molecular formula is C18H28N2O3. The summed E-state index contributed by atoms with van der Waals surface area (Å²) < 4.78 is 10.6. The summed E-state index contributed by atoms with van der Waals surface area (Å²) in [7, 11) is 3.27. The number of rotatable bonds is 7. The van der Waals surface area contributed by atoms with E-state index in [0.29, 0.717) is 19.0 Å². The van der Waals surface area contributed by atoms with Gasteiger partial charge >= 0.3 is 0 Å². The standard InChI is InChI=1S/C18H28N2O3/c1-4-14-7-5-6-12-20(14)18(21)10-11-19-16-13-15(22-2)8-9-17(16)23-3/h8-9,13-14,19H,4-7,10-12H2,1-3H3. The van der Waals surface area contributed by atoms with Crippen molar-refractivity contribution in [3.05, 3.63) is 18.2 Å². The Labute approximate surface area is 139 Å². The van der Waals surface area contributed by atoms with E-state index in [2.05, 4.69) is 17.1 Å². The van der Waals surface area contributed by atoms with Crippen LogP contribution in [0.15, 0.2) is 18.2 Å². The summed E-state index contributed by atoms with van der Waals surface area (Å²) in [5.41, 5.74) is 0.852. The zero-order valence-corrected chi connectivity index (χ0v) is 14.4. The van der Waals surface area contributed by atoms with Crippen molar-refractivity contribution in [3.63, 3.8) is 0 Å². The Kier molecular flexibility index (Phi) is 6.56. The molecule has 0 aliphatic carbocycles. The van der Waals surface area contributed by atoms with Gasteiger partial charge in [-0.05, 0) is 37.8 Å². The molecule has 1 fully saturated rings. The minimum Gasteiger partial charge on any atom is -0.497 e. The maximum absolute atomic E-state index is 12.5. The predicted molar refractivity (Wildman–Crippen MR) is 92.3 cm³/mol. The summed E-state index contributed by atoms with van der Waals surface area (Å²) in [5, 5.41) is 3.29. The number of anilines is 1. The monoisotopic (exact) mass is 320 g/mol. The van der Waals surface area contributed by atoms with Crippen LogP contribution < -0.4 is 14.8 Å². The fraction of sp³-hybridized carbons (Fsp3) is 0.611. The molecule has 1 aromatic carbocycles. The Hall–Kier alpha value is -1.91. The predicted octanol–water partition coefficient (Wildman–Crippen LogP) is 3.30. The minimum atomic E-state index is 0.242. The number of benzene rings is 1. The summed E-state index contributed by atoms with van der Waals surface area (Å²) in [6.45, 7) is 3.66. The Morgan fingerprint density at radius 2 is 2.13 bits per heavy atom. The van der Waals surface area contributed by atoms with Crippen molar-refractivity contribution in [1.29, 1.82) is 0 Å². The fourth-order valence-electron chi connectivity index (χ4n) is 3.15. The number of hydrogen-bond donors (Lipinski definition) is 1. The lowest BCUT2D eigenvalue weighted by atomic mass is 9.99. The molecule has 0 saturated carbocycles. The van der Waals surface area contributed by atoms with Gasteiger partial charge < -0.3 is 19.7 Å². The van der Waals surface area contributed by atoms with Crippen LogP contribution in [0, 0.1) is 0 Å². The lowest BCUT2D eigenvalue weighted by Crippen LogP contribution is -2.43. The number of carbonyl (C=O) groups is 1. The number of ether oxygens (including phenoxy) is 2. The van der Waals surface area contributed by atoms with E-state index < -0.39 is 0 Å². The van der Waals surface area contributed by atoms with Crippen molar-refractivity contribution >= 4 is 11.6 Å². The highest BCUT2D eigenvalue weighted by Crippen LogP contribution is 2.29. The van der Waals surface area contributed by atoms with Gasteiger partial charge in [0.15, 0.2) is 0 Å². The first-order valence-electron chi connectivity index (χ1n) is 8.45. The summed E-state index contributed by atoms with van der Waals surface area (Å²) in [5.74, 6) is 1.76. The molecule has 128 valence electrons. The van der Waals surface area contributed by atoms with Gasteiger partial charge in [-0.15, -0.1) is 0 Å². The number of methoxy groups -OCH3 is 2. The second kappa shape index (κ2) is 8.65. The minimum absolute atomic E-state index is 0.242. The van der Waals surface area contributed by atoms with Crippen LogP contribution >= 0.6 is 0 Å². The first kappa shape index (κ1) is 17.4. The number of hydrogen-bond acceptors (Lipinski definition) is 4. The number of piperidine rings is 1. The quantitative estimate of drug-likeness (QED) is 0.837. The molecule has 1 amide bonds. The molecule has 2 rings (SSSR count). The van der Waals surface area contributed by atoms with E-state index in [0.717, 1.165) is 43.0 Å². The van der Waals surface area contributed by atoms with Crippen molar-refractivity contribution in [2.75, 3.05) is 32.6 Å². The molecule has 0 bridgehead atoms. The fourth-order valence-corrected chi connectivity index (χ4v) is 3.15. The zero-order valence-electron chi connectivity index (χ0n) is 14.4. The summed E-state index contributed by atoms with van der Waals surface area (Å²) in [6, 6.07) is 6.02. The molecule has 1 aliphatic rings. The molecule has 1 N–H and O–H groups in total. The molecule has 1 saturated heterocycles. The molecule has 1 atom stereocenters. The second-order valence-electron chi connectivity index (χ2n) is 5.89. The molecular weight excluding hydrogens is 292 g/mol. The average Bonchev–Trinajstić information content (AvgIpc) is 2.61. The number of amides is 1. The summed E-state index contributed by atoms with van der Waals surface area (Å²) in [6.07, 6.45) is 5.04. The Morgan fingerprint density at radius 1 is 1.30 bits per heavy atom. The highest BCUT2D eigenvalue weighted by Gasteiger charge is 2.24. The molecule has 5 heteroatoms. The van der Waals surface area contributed by atoms with Gasteiger partial charge in [0.05, 0.1) is 19.9 Å². The molecule has 0 aromatic heterocycles. The van der Waals surface area contributed by atoms with Crippen molar-refractivity contribution in [2.24, 2.45) is 0 Å². The van der Waals surface area contributed by atoms with Crippen LogP contribution in [-0.2, 0) is 4.79 Å². The number of carbonyl (C=O) groups excluding carboxylic acids is 1. The summed E-state index contributed by atoms with van der Waals surface area (Å²) in [4.78, 5) is 14.5. The molecule has 1 unspecified atom stereocenters. The maximum Gasteiger partial charge on any atom is 0.224 e. The van der Waals surface area contributed by atoms with Crippen LogP contribution in [0.1, 0.15) is 39.0 Å². The highest BCUT2D eigenvalue weighted by molar-refractivity contribution is 5.77. The SMILES string of the molecule is CCC1CCCCN1C(=O)CCNc1cc(OC)ccc1OC. The van der Waals surface area contributed by atoms with Gasteiger partial charge in [0, 0.05) is 31.6 Å². The van der Waals surface area contributed by atoms with Crippen LogP contribution in [0.4, 0.5) is 5.69 Å². The van der Waals surface area contributed by atoms with E-state index in [4.69, 9.17) is 9.47 Å². The van der Waals surface area contributed by atoms with Crippen LogP contribution in [0.3, 0.4) is 0 Å². The van der Waals surface area contributed by atoms with E-state index >= 15 is 0 Å². The highest BCUT2D eigenvalue weighted by atomic mass is 16.5. The van der Waals surface area contributed by atoms with Crippen molar-refractivity contribution in [3.8, 4) is 11.5 Å². The zero-order chi connectivity index (χ0) is 16.7. The molecule has 1 aliphatic heterocycles. The van der Waals surface area contributed by atoms with Crippen LogP contribution in [0.25, 0.3) is 0 Å². The van der Waals surface area contributed by atoms with Gasteiger partial charge in [0.25, 0.3) is 0 Å². The van der Waals surface area contributed by atoms with Crippen molar-refractivity contribution in [1.82, 2.24) is 4.90 Å². The smallest absolute Gasteiger partial charge is 0.224 e. The molecule has 0 radical (unpaired) electrons. The van der Waals surface area contributed by atoms with Crippen LogP contribution in [0.5, 0.6) is 11.5 Å². The first-order chi connectivity index (χ1) is 11.2. The topological polar surface area (TPSA) is 50.8 Å². The van der Waals surface area contributed by atoms with E-state index in [1.165, 1.54) is 6.42 Å². The third kappa shape index (κ3) is 4.53. The number of nitrogens with one attached hydrogen (secondary N) is 1. The van der Waals surface area contributed by atoms with Gasteiger partial charge in [0.1, 0.15) is 11.5 Å². The van der Waals surface area contributed by atoms with E-state index in [1.54, 1.807) is 14.2 Å². The van der Waals surface area contributed by atoms with Gasteiger partial charge in [-0.3, -0.25) is 4.79 Å².